The highest BCUT2D eigenvalue weighted by atomic mass is 32.1. The van der Waals surface area contributed by atoms with E-state index in [1.807, 2.05) is 29.2 Å². The number of carbonyl (C=O) groups excluding carboxylic acids is 1. The molecule has 0 atom stereocenters. The van der Waals surface area contributed by atoms with E-state index >= 15 is 0 Å². The van der Waals surface area contributed by atoms with Crippen molar-refractivity contribution in [3.63, 3.8) is 0 Å². The average molecular weight is 372 g/mol. The lowest BCUT2D eigenvalue weighted by molar-refractivity contribution is -0.127. The van der Waals surface area contributed by atoms with Gasteiger partial charge in [0.1, 0.15) is 11.5 Å². The van der Waals surface area contributed by atoms with Gasteiger partial charge < -0.3 is 14.4 Å². The predicted octanol–water partition coefficient (Wildman–Crippen LogP) is 3.12. The second-order valence-corrected chi connectivity index (χ2v) is 6.99. The van der Waals surface area contributed by atoms with Crippen LogP contribution >= 0.6 is 11.3 Å². The van der Waals surface area contributed by atoms with E-state index in [0.717, 1.165) is 38.3 Å². The van der Waals surface area contributed by atoms with Crippen molar-refractivity contribution in [1.29, 1.82) is 0 Å². The Bertz CT molecular complexity index is 728. The number of amides is 1. The molecular weight excluding hydrogens is 348 g/mol. The molecule has 1 amide bonds. The monoisotopic (exact) mass is 372 g/mol. The molecule has 0 bridgehead atoms. The second-order valence-electron chi connectivity index (χ2n) is 6.21. The van der Waals surface area contributed by atoms with E-state index in [2.05, 4.69) is 21.7 Å². The smallest absolute Gasteiger partial charge is 0.246 e. The molecule has 1 aromatic heterocycles. The van der Waals surface area contributed by atoms with Crippen molar-refractivity contribution in [1.82, 2.24) is 9.80 Å². The number of hydrogen-bond donors (Lipinski definition) is 0. The summed E-state index contributed by atoms with van der Waals surface area (Å²) in [6, 6.07) is 7.73. The minimum Gasteiger partial charge on any atom is -0.497 e. The topological polar surface area (TPSA) is 42.0 Å². The Balaban J connectivity index is 1.54. The molecule has 0 aliphatic carbocycles. The number of ether oxygens (including phenoxy) is 2. The van der Waals surface area contributed by atoms with Crippen molar-refractivity contribution in [3.8, 4) is 11.5 Å². The highest BCUT2D eigenvalue weighted by Crippen LogP contribution is 2.23. The second kappa shape index (κ2) is 8.87. The SMILES string of the molecule is COc1cc(/C=C/C(=O)N2CCN(Cc3ccsc3)CC2)cc(OC)c1. The third-order valence-corrected chi connectivity index (χ3v) is 5.19. The molecule has 1 fully saturated rings. The molecule has 6 heteroatoms. The van der Waals surface area contributed by atoms with Crippen molar-refractivity contribution in [2.75, 3.05) is 40.4 Å². The fourth-order valence-electron chi connectivity index (χ4n) is 2.97. The Hall–Kier alpha value is -2.31. The lowest BCUT2D eigenvalue weighted by Gasteiger charge is -2.34. The first-order chi connectivity index (χ1) is 12.7. The normalized spacial score (nSPS) is 15.4. The molecule has 2 aromatic rings. The number of rotatable bonds is 6. The van der Waals surface area contributed by atoms with E-state index in [9.17, 15) is 4.79 Å². The highest BCUT2D eigenvalue weighted by molar-refractivity contribution is 7.07. The fourth-order valence-corrected chi connectivity index (χ4v) is 3.63. The molecule has 138 valence electrons. The van der Waals surface area contributed by atoms with Crippen LogP contribution in [0.2, 0.25) is 0 Å². The zero-order valence-corrected chi connectivity index (χ0v) is 16.0. The minimum atomic E-state index is 0.0435. The largest absolute Gasteiger partial charge is 0.497 e. The Morgan fingerprint density at radius 3 is 2.38 bits per heavy atom. The van der Waals surface area contributed by atoms with Gasteiger partial charge in [0.15, 0.2) is 0 Å². The third kappa shape index (κ3) is 4.86. The quantitative estimate of drug-likeness (QED) is 0.731. The van der Waals surface area contributed by atoms with Crippen LogP contribution in [-0.2, 0) is 11.3 Å². The van der Waals surface area contributed by atoms with Crippen LogP contribution in [0.3, 0.4) is 0 Å². The van der Waals surface area contributed by atoms with Crippen LogP contribution in [0.5, 0.6) is 11.5 Å². The first-order valence-corrected chi connectivity index (χ1v) is 9.55. The van der Waals surface area contributed by atoms with Gasteiger partial charge in [-0.1, -0.05) is 0 Å². The molecule has 0 spiro atoms. The fraction of sp³-hybridized carbons (Fsp3) is 0.350. The van der Waals surface area contributed by atoms with Crippen LogP contribution in [0, 0.1) is 0 Å². The summed E-state index contributed by atoms with van der Waals surface area (Å²) in [6.07, 6.45) is 3.44. The summed E-state index contributed by atoms with van der Waals surface area (Å²) in [5.41, 5.74) is 2.23. The standard InChI is InChI=1S/C20H24N2O3S/c1-24-18-11-16(12-19(13-18)25-2)3-4-20(23)22-8-6-21(7-9-22)14-17-5-10-26-15-17/h3-5,10-13,15H,6-9,14H2,1-2H3/b4-3+. The number of carbonyl (C=O) groups is 1. The number of hydrogen-bond acceptors (Lipinski definition) is 5. The van der Waals surface area contributed by atoms with Crippen molar-refractivity contribution >= 4 is 23.3 Å². The van der Waals surface area contributed by atoms with Gasteiger partial charge in [-0.25, -0.2) is 0 Å². The van der Waals surface area contributed by atoms with Gasteiger partial charge in [0.2, 0.25) is 5.91 Å². The molecule has 0 radical (unpaired) electrons. The third-order valence-electron chi connectivity index (χ3n) is 4.46. The van der Waals surface area contributed by atoms with Crippen molar-refractivity contribution in [2.24, 2.45) is 0 Å². The zero-order chi connectivity index (χ0) is 18.4. The Morgan fingerprint density at radius 1 is 1.12 bits per heavy atom. The van der Waals surface area contributed by atoms with Gasteiger partial charge >= 0.3 is 0 Å². The molecule has 5 nitrogen and oxygen atoms in total. The van der Waals surface area contributed by atoms with Crippen LogP contribution in [0.4, 0.5) is 0 Å². The molecule has 0 N–H and O–H groups in total. The highest BCUT2D eigenvalue weighted by Gasteiger charge is 2.19. The molecular formula is C20H24N2O3S. The van der Waals surface area contributed by atoms with Crippen LogP contribution in [0.15, 0.2) is 41.1 Å². The van der Waals surface area contributed by atoms with Crippen molar-refractivity contribution < 1.29 is 14.3 Å². The summed E-state index contributed by atoms with van der Waals surface area (Å²) < 4.78 is 10.5. The molecule has 0 unspecified atom stereocenters. The Kier molecular flexibility index (Phi) is 6.30. The zero-order valence-electron chi connectivity index (χ0n) is 15.2. The number of methoxy groups -OCH3 is 2. The van der Waals surface area contributed by atoms with Gasteiger partial charge in [-0.05, 0) is 46.2 Å². The van der Waals surface area contributed by atoms with Crippen LogP contribution in [-0.4, -0.2) is 56.1 Å². The number of thiophene rings is 1. The molecule has 1 aliphatic rings. The van der Waals surface area contributed by atoms with E-state index in [0.29, 0.717) is 11.5 Å². The average Bonchev–Trinajstić information content (AvgIpc) is 3.19. The van der Waals surface area contributed by atoms with Gasteiger partial charge in [0.05, 0.1) is 14.2 Å². The maximum atomic E-state index is 12.5. The molecule has 2 heterocycles. The summed E-state index contributed by atoms with van der Waals surface area (Å²) in [5, 5.41) is 4.29. The molecule has 1 aromatic carbocycles. The summed E-state index contributed by atoms with van der Waals surface area (Å²) >= 11 is 1.73. The summed E-state index contributed by atoms with van der Waals surface area (Å²) in [6.45, 7) is 4.29. The van der Waals surface area contributed by atoms with Crippen LogP contribution in [0.1, 0.15) is 11.1 Å². The van der Waals surface area contributed by atoms with Crippen molar-refractivity contribution in [3.05, 3.63) is 52.2 Å². The van der Waals surface area contributed by atoms with E-state index < -0.39 is 0 Å². The lowest BCUT2D eigenvalue weighted by Crippen LogP contribution is -2.47. The maximum Gasteiger partial charge on any atom is 0.246 e. The first kappa shape index (κ1) is 18.5. The van der Waals surface area contributed by atoms with E-state index in [1.54, 1.807) is 31.6 Å². The summed E-state index contributed by atoms with van der Waals surface area (Å²) in [4.78, 5) is 16.8. The van der Waals surface area contributed by atoms with E-state index in [-0.39, 0.29) is 5.91 Å². The van der Waals surface area contributed by atoms with Gasteiger partial charge in [-0.3, -0.25) is 9.69 Å². The van der Waals surface area contributed by atoms with Crippen LogP contribution in [0.25, 0.3) is 6.08 Å². The van der Waals surface area contributed by atoms with Gasteiger partial charge in [0.25, 0.3) is 0 Å². The number of piperazine rings is 1. The van der Waals surface area contributed by atoms with Crippen LogP contribution < -0.4 is 9.47 Å². The summed E-state index contributed by atoms with van der Waals surface area (Å²) in [5.74, 6) is 1.46. The molecule has 0 saturated carbocycles. The van der Waals surface area contributed by atoms with Crippen molar-refractivity contribution in [2.45, 2.75) is 6.54 Å². The first-order valence-electron chi connectivity index (χ1n) is 8.61. The van der Waals surface area contributed by atoms with Gasteiger partial charge in [-0.2, -0.15) is 11.3 Å². The maximum absolute atomic E-state index is 12.5. The summed E-state index contributed by atoms with van der Waals surface area (Å²) in [7, 11) is 3.23. The lowest BCUT2D eigenvalue weighted by atomic mass is 10.1. The van der Waals surface area contributed by atoms with E-state index in [1.165, 1.54) is 5.56 Å². The molecule has 26 heavy (non-hydrogen) atoms. The number of nitrogens with zero attached hydrogens (tertiary/aromatic N) is 2. The Morgan fingerprint density at radius 2 is 1.81 bits per heavy atom. The predicted molar refractivity (Wildman–Crippen MR) is 105 cm³/mol. The Labute approximate surface area is 158 Å². The van der Waals surface area contributed by atoms with Gasteiger partial charge in [-0.15, -0.1) is 0 Å². The minimum absolute atomic E-state index is 0.0435. The molecule has 3 rings (SSSR count). The molecule has 1 saturated heterocycles. The van der Waals surface area contributed by atoms with E-state index in [4.69, 9.17) is 9.47 Å². The molecule has 1 aliphatic heterocycles. The van der Waals surface area contributed by atoms with Gasteiger partial charge in [0, 0.05) is 44.9 Å². The number of benzene rings is 1.